The molecule has 86 valence electrons. The zero-order chi connectivity index (χ0) is 11.5. The maximum absolute atomic E-state index is 9.23. The molecule has 1 rings (SSSR count). The first-order valence-electron chi connectivity index (χ1n) is 5.42. The first kappa shape index (κ1) is 12.4. The molecule has 5 heteroatoms. The largest absolute Gasteiger partial charge is 0.388 e. The predicted molar refractivity (Wildman–Crippen MR) is 62.2 cm³/mol. The van der Waals surface area contributed by atoms with Gasteiger partial charge in [-0.25, -0.2) is 0 Å². The van der Waals surface area contributed by atoms with Crippen LogP contribution in [-0.4, -0.2) is 19.9 Å². The van der Waals surface area contributed by atoms with Crippen molar-refractivity contribution in [3.05, 3.63) is 10.6 Å². The molecule has 1 aromatic rings. The highest BCUT2D eigenvalue weighted by atomic mass is 32.1. The molecule has 0 radical (unpaired) electrons. The molecule has 0 unspecified atom stereocenters. The Balaban J connectivity index is 3.33. The average Bonchev–Trinajstić information content (AvgIpc) is 2.65. The van der Waals surface area contributed by atoms with Crippen LogP contribution in [0.3, 0.4) is 0 Å². The van der Waals surface area contributed by atoms with Crippen molar-refractivity contribution in [2.45, 2.75) is 52.2 Å². The SMILES string of the molecule is CCC(CC)(CC)n1c(CO)n[nH]c1=S. The van der Waals surface area contributed by atoms with Gasteiger partial charge in [0.25, 0.3) is 0 Å². The highest BCUT2D eigenvalue weighted by Crippen LogP contribution is 2.30. The quantitative estimate of drug-likeness (QED) is 0.762. The molecule has 2 N–H and O–H groups in total. The summed E-state index contributed by atoms with van der Waals surface area (Å²) in [5.41, 5.74) is -0.0118. The van der Waals surface area contributed by atoms with Crippen LogP contribution in [0.2, 0.25) is 0 Å². The summed E-state index contributed by atoms with van der Waals surface area (Å²) in [5.74, 6) is 0.630. The molecule has 0 saturated heterocycles. The van der Waals surface area contributed by atoms with Gasteiger partial charge in [0.15, 0.2) is 10.6 Å². The maximum Gasteiger partial charge on any atom is 0.195 e. The fourth-order valence-corrected chi connectivity index (χ4v) is 2.49. The molecule has 0 aliphatic heterocycles. The summed E-state index contributed by atoms with van der Waals surface area (Å²) in [6.45, 7) is 6.35. The topological polar surface area (TPSA) is 53.8 Å². The second kappa shape index (κ2) is 4.90. The van der Waals surface area contributed by atoms with E-state index in [9.17, 15) is 5.11 Å². The Morgan fingerprint density at radius 1 is 1.33 bits per heavy atom. The van der Waals surface area contributed by atoms with Crippen molar-refractivity contribution in [3.63, 3.8) is 0 Å². The molecular weight excluding hydrogens is 210 g/mol. The van der Waals surface area contributed by atoms with Gasteiger partial charge in [-0.2, -0.15) is 5.10 Å². The Kier molecular flexibility index (Phi) is 4.04. The van der Waals surface area contributed by atoms with Crippen molar-refractivity contribution in [2.24, 2.45) is 0 Å². The van der Waals surface area contributed by atoms with Crippen molar-refractivity contribution in [2.75, 3.05) is 0 Å². The van der Waals surface area contributed by atoms with Gasteiger partial charge in [0, 0.05) is 5.54 Å². The standard InChI is InChI=1S/C10H19N3OS/c1-4-10(5-2,6-3)13-8(7-14)11-12-9(13)15/h14H,4-7H2,1-3H3,(H,12,15). The number of H-pyrrole nitrogens is 1. The van der Waals surface area contributed by atoms with Crippen LogP contribution in [0.5, 0.6) is 0 Å². The monoisotopic (exact) mass is 229 g/mol. The number of hydrogen-bond donors (Lipinski definition) is 2. The molecule has 0 saturated carbocycles. The van der Waals surface area contributed by atoms with Crippen molar-refractivity contribution in [1.82, 2.24) is 14.8 Å². The smallest absolute Gasteiger partial charge is 0.195 e. The van der Waals surface area contributed by atoms with Gasteiger partial charge >= 0.3 is 0 Å². The molecule has 0 amide bonds. The maximum atomic E-state index is 9.23. The highest BCUT2D eigenvalue weighted by Gasteiger charge is 2.29. The number of hydrogen-bond acceptors (Lipinski definition) is 3. The van der Waals surface area contributed by atoms with Crippen molar-refractivity contribution in [1.29, 1.82) is 0 Å². The van der Waals surface area contributed by atoms with Gasteiger partial charge in [0.1, 0.15) is 6.61 Å². The zero-order valence-electron chi connectivity index (χ0n) is 9.58. The Morgan fingerprint density at radius 3 is 2.27 bits per heavy atom. The summed E-state index contributed by atoms with van der Waals surface area (Å²) < 4.78 is 2.58. The van der Waals surface area contributed by atoms with Crippen LogP contribution in [-0.2, 0) is 12.1 Å². The van der Waals surface area contributed by atoms with Crippen LogP contribution in [0.4, 0.5) is 0 Å². The summed E-state index contributed by atoms with van der Waals surface area (Å²) in [6.07, 6.45) is 2.96. The summed E-state index contributed by atoms with van der Waals surface area (Å²) in [4.78, 5) is 0. The number of aromatic nitrogens is 3. The minimum atomic E-state index is -0.0745. The number of nitrogens with one attached hydrogen (secondary N) is 1. The lowest BCUT2D eigenvalue weighted by Crippen LogP contribution is -2.33. The third-order valence-corrected chi connectivity index (χ3v) is 3.61. The summed E-state index contributed by atoms with van der Waals surface area (Å²) in [6, 6.07) is 0. The van der Waals surface area contributed by atoms with E-state index < -0.39 is 0 Å². The summed E-state index contributed by atoms with van der Waals surface area (Å²) in [7, 11) is 0. The number of aromatic amines is 1. The Morgan fingerprint density at radius 2 is 1.87 bits per heavy atom. The third kappa shape index (κ3) is 1.99. The lowest BCUT2D eigenvalue weighted by molar-refractivity contribution is 0.206. The Bertz CT molecular complexity index is 357. The van der Waals surface area contributed by atoms with Crippen molar-refractivity contribution >= 4 is 12.2 Å². The van der Waals surface area contributed by atoms with Gasteiger partial charge in [0.05, 0.1) is 0 Å². The van der Waals surface area contributed by atoms with Crippen LogP contribution in [0.25, 0.3) is 0 Å². The molecule has 0 fully saturated rings. The van der Waals surface area contributed by atoms with Crippen LogP contribution in [0, 0.1) is 4.77 Å². The van der Waals surface area contributed by atoms with E-state index in [2.05, 4.69) is 31.0 Å². The van der Waals surface area contributed by atoms with Crippen LogP contribution >= 0.6 is 12.2 Å². The fraction of sp³-hybridized carbons (Fsp3) is 0.800. The van der Waals surface area contributed by atoms with Gasteiger partial charge in [-0.05, 0) is 31.5 Å². The average molecular weight is 229 g/mol. The molecule has 0 bridgehead atoms. The van der Waals surface area contributed by atoms with Crippen LogP contribution in [0.1, 0.15) is 45.9 Å². The molecule has 0 aromatic carbocycles. The lowest BCUT2D eigenvalue weighted by Gasteiger charge is -2.33. The predicted octanol–water partition coefficient (Wildman–Crippen LogP) is 2.36. The second-order valence-electron chi connectivity index (χ2n) is 3.72. The summed E-state index contributed by atoms with van der Waals surface area (Å²) >= 11 is 5.22. The van der Waals surface area contributed by atoms with Gasteiger partial charge < -0.3 is 5.11 Å². The van der Waals surface area contributed by atoms with E-state index in [0.717, 1.165) is 19.3 Å². The number of aliphatic hydroxyl groups is 1. The first-order valence-corrected chi connectivity index (χ1v) is 5.83. The van der Waals surface area contributed by atoms with E-state index in [1.807, 2.05) is 4.57 Å². The Labute approximate surface area is 95.3 Å². The molecule has 0 atom stereocenters. The van der Waals surface area contributed by atoms with E-state index >= 15 is 0 Å². The molecule has 0 spiro atoms. The molecule has 15 heavy (non-hydrogen) atoms. The molecule has 1 heterocycles. The molecule has 4 nitrogen and oxygen atoms in total. The minimum Gasteiger partial charge on any atom is -0.388 e. The Hall–Kier alpha value is -0.680. The van der Waals surface area contributed by atoms with Gasteiger partial charge in [-0.15, -0.1) is 0 Å². The first-order chi connectivity index (χ1) is 7.15. The number of aliphatic hydroxyl groups excluding tert-OH is 1. The van der Waals surface area contributed by atoms with Crippen LogP contribution in [0.15, 0.2) is 0 Å². The van der Waals surface area contributed by atoms with Crippen molar-refractivity contribution < 1.29 is 5.11 Å². The lowest BCUT2D eigenvalue weighted by atomic mass is 9.89. The van der Waals surface area contributed by atoms with E-state index in [0.29, 0.717) is 10.6 Å². The number of nitrogens with zero attached hydrogens (tertiary/aromatic N) is 2. The van der Waals surface area contributed by atoms with Gasteiger partial charge in [-0.1, -0.05) is 20.8 Å². The fourth-order valence-electron chi connectivity index (χ4n) is 2.15. The number of rotatable bonds is 5. The third-order valence-electron chi connectivity index (χ3n) is 3.33. The van der Waals surface area contributed by atoms with Crippen molar-refractivity contribution in [3.8, 4) is 0 Å². The van der Waals surface area contributed by atoms with Gasteiger partial charge in [-0.3, -0.25) is 9.67 Å². The molecular formula is C10H19N3OS. The summed E-state index contributed by atoms with van der Waals surface area (Å²) in [5, 5.41) is 16.0. The molecule has 1 aromatic heterocycles. The molecule has 0 aliphatic carbocycles. The zero-order valence-corrected chi connectivity index (χ0v) is 10.4. The van der Waals surface area contributed by atoms with E-state index in [1.54, 1.807) is 0 Å². The normalized spacial score (nSPS) is 12.0. The minimum absolute atomic E-state index is 0.0118. The van der Waals surface area contributed by atoms with E-state index in [1.165, 1.54) is 0 Å². The highest BCUT2D eigenvalue weighted by molar-refractivity contribution is 7.71. The molecule has 0 aliphatic rings. The second-order valence-corrected chi connectivity index (χ2v) is 4.11. The van der Waals surface area contributed by atoms with Crippen LogP contribution < -0.4 is 0 Å². The van der Waals surface area contributed by atoms with Gasteiger partial charge in [0.2, 0.25) is 0 Å². The van der Waals surface area contributed by atoms with E-state index in [4.69, 9.17) is 12.2 Å². The van der Waals surface area contributed by atoms with E-state index in [-0.39, 0.29) is 12.1 Å².